The fourth-order valence-corrected chi connectivity index (χ4v) is 3.25. The molecule has 3 nitrogen and oxygen atoms in total. The fourth-order valence-electron chi connectivity index (χ4n) is 3.25. The molecule has 0 amide bonds. The third-order valence-electron chi connectivity index (χ3n) is 4.39. The van der Waals surface area contributed by atoms with E-state index in [-0.39, 0.29) is 42.4 Å². The number of hydrogen-bond donors (Lipinski definition) is 1. The maximum absolute atomic E-state index is 14.5. The molecule has 1 atom stereocenters. The van der Waals surface area contributed by atoms with Gasteiger partial charge in [-0.3, -0.25) is 4.90 Å². The Balaban J connectivity index is 0.00000196. The van der Waals surface area contributed by atoms with Crippen molar-refractivity contribution < 1.29 is 22.3 Å². The van der Waals surface area contributed by atoms with Gasteiger partial charge < -0.3 is 10.1 Å². The molecule has 0 aromatic heterocycles. The van der Waals surface area contributed by atoms with Crippen molar-refractivity contribution in [1.82, 2.24) is 10.2 Å². The maximum Gasteiger partial charge on any atom is 0.573 e. The quantitative estimate of drug-likeness (QED) is 0.686. The molecule has 0 saturated carbocycles. The molecule has 2 aromatic carbocycles. The van der Waals surface area contributed by atoms with Crippen molar-refractivity contribution in [3.63, 3.8) is 0 Å². The lowest BCUT2D eigenvalue weighted by molar-refractivity contribution is -0.274. The van der Waals surface area contributed by atoms with Gasteiger partial charge in [-0.1, -0.05) is 29.8 Å². The van der Waals surface area contributed by atoms with Crippen LogP contribution < -0.4 is 10.1 Å². The van der Waals surface area contributed by atoms with Gasteiger partial charge in [0.05, 0.1) is 6.04 Å². The molecule has 1 heterocycles. The molecular formula is C19H22Cl2F4N2O. The third-order valence-corrected chi connectivity index (χ3v) is 4.39. The molecule has 1 saturated heterocycles. The first-order valence-electron chi connectivity index (χ1n) is 8.40. The highest BCUT2D eigenvalue weighted by atomic mass is 35.5. The zero-order valence-corrected chi connectivity index (χ0v) is 16.8. The molecule has 156 valence electrons. The summed E-state index contributed by atoms with van der Waals surface area (Å²) in [6, 6.07) is 10.2. The van der Waals surface area contributed by atoms with E-state index in [9.17, 15) is 17.6 Å². The number of rotatable bonds is 4. The molecule has 1 aliphatic rings. The maximum atomic E-state index is 14.5. The first-order chi connectivity index (χ1) is 12.3. The van der Waals surface area contributed by atoms with E-state index in [1.54, 1.807) is 24.3 Å². The Hall–Kier alpha value is -1.54. The average Bonchev–Trinajstić information content (AvgIpc) is 2.59. The van der Waals surface area contributed by atoms with Crippen LogP contribution in [-0.2, 0) is 0 Å². The van der Waals surface area contributed by atoms with Crippen LogP contribution in [0.25, 0.3) is 0 Å². The molecule has 0 radical (unpaired) electrons. The molecule has 1 N–H and O–H groups in total. The number of aryl methyl sites for hydroxylation is 1. The van der Waals surface area contributed by atoms with E-state index in [1.165, 1.54) is 18.2 Å². The minimum Gasteiger partial charge on any atom is -0.406 e. The molecule has 2 aromatic rings. The van der Waals surface area contributed by atoms with Crippen LogP contribution in [0.4, 0.5) is 17.6 Å². The topological polar surface area (TPSA) is 24.5 Å². The highest BCUT2D eigenvalue weighted by molar-refractivity contribution is 5.85. The summed E-state index contributed by atoms with van der Waals surface area (Å²) in [5.41, 5.74) is 2.18. The lowest BCUT2D eigenvalue weighted by Crippen LogP contribution is -2.45. The van der Waals surface area contributed by atoms with E-state index in [1.807, 2.05) is 6.92 Å². The molecular weight excluding hydrogens is 419 g/mol. The van der Waals surface area contributed by atoms with Gasteiger partial charge in [0, 0.05) is 31.7 Å². The van der Waals surface area contributed by atoms with Crippen LogP contribution in [0.3, 0.4) is 0 Å². The number of piperazine rings is 1. The van der Waals surface area contributed by atoms with Gasteiger partial charge in [-0.05, 0) is 30.7 Å². The summed E-state index contributed by atoms with van der Waals surface area (Å²) in [5.74, 6) is -0.611. The number of ether oxygens (including phenoxy) is 1. The Labute approximate surface area is 173 Å². The second kappa shape index (κ2) is 10.3. The lowest BCUT2D eigenvalue weighted by Gasteiger charge is -2.36. The summed E-state index contributed by atoms with van der Waals surface area (Å²) in [5, 5.41) is 3.25. The number of benzene rings is 2. The summed E-state index contributed by atoms with van der Waals surface area (Å²) in [4.78, 5) is 2.13. The summed E-state index contributed by atoms with van der Waals surface area (Å²) in [6.07, 6.45) is -4.73. The molecule has 0 bridgehead atoms. The molecule has 0 unspecified atom stereocenters. The normalized spacial score (nSPS) is 15.9. The van der Waals surface area contributed by atoms with Gasteiger partial charge in [0.25, 0.3) is 0 Å². The highest BCUT2D eigenvalue weighted by Crippen LogP contribution is 2.33. The standard InChI is InChI=1S/C19H20F4N2O.2ClH/c1-13-2-7-17(20)16(12-13)18(25-10-8-24-9-11-25)14-3-5-15(6-4-14)26-19(21,22)23;;/h2-7,12,18,24H,8-11H2,1H3;2*1H/t18-;;/m0../s1. The van der Waals surface area contributed by atoms with Gasteiger partial charge in [0.15, 0.2) is 0 Å². The van der Waals surface area contributed by atoms with Crippen molar-refractivity contribution >= 4 is 24.8 Å². The Morgan fingerprint density at radius 1 is 1.00 bits per heavy atom. The predicted octanol–water partition coefficient (Wildman–Crippen LogP) is 4.87. The summed E-state index contributed by atoms with van der Waals surface area (Å²) in [7, 11) is 0. The number of nitrogens with one attached hydrogen (secondary N) is 1. The van der Waals surface area contributed by atoms with Crippen LogP contribution in [0.15, 0.2) is 42.5 Å². The van der Waals surface area contributed by atoms with Crippen molar-refractivity contribution in [2.75, 3.05) is 26.2 Å². The van der Waals surface area contributed by atoms with E-state index >= 15 is 0 Å². The van der Waals surface area contributed by atoms with Gasteiger partial charge in [-0.2, -0.15) is 0 Å². The predicted molar refractivity (Wildman–Crippen MR) is 105 cm³/mol. The van der Waals surface area contributed by atoms with Crippen LogP contribution in [0.5, 0.6) is 5.75 Å². The first-order valence-corrected chi connectivity index (χ1v) is 8.40. The van der Waals surface area contributed by atoms with E-state index in [2.05, 4.69) is 15.0 Å². The van der Waals surface area contributed by atoms with E-state index in [0.717, 1.165) is 37.3 Å². The number of nitrogens with zero attached hydrogens (tertiary/aromatic N) is 1. The minimum atomic E-state index is -4.73. The SMILES string of the molecule is Cc1ccc(F)c([C@H](c2ccc(OC(F)(F)F)cc2)N2CCNCC2)c1.Cl.Cl. The average molecular weight is 441 g/mol. The second-order valence-corrected chi connectivity index (χ2v) is 6.33. The Bertz CT molecular complexity index is 751. The van der Waals surface area contributed by atoms with Gasteiger partial charge >= 0.3 is 6.36 Å². The molecule has 1 aliphatic heterocycles. The molecule has 1 fully saturated rings. The Kier molecular flexibility index (Phi) is 9.01. The summed E-state index contributed by atoms with van der Waals surface area (Å²) >= 11 is 0. The molecule has 0 aliphatic carbocycles. The van der Waals surface area contributed by atoms with Gasteiger partial charge in [0.1, 0.15) is 11.6 Å². The van der Waals surface area contributed by atoms with Crippen molar-refractivity contribution in [3.05, 3.63) is 65.0 Å². The van der Waals surface area contributed by atoms with Crippen LogP contribution in [0.1, 0.15) is 22.7 Å². The molecule has 28 heavy (non-hydrogen) atoms. The number of alkyl halides is 3. The minimum absolute atomic E-state index is 0. The second-order valence-electron chi connectivity index (χ2n) is 6.33. The summed E-state index contributed by atoms with van der Waals surface area (Å²) < 4.78 is 55.6. The van der Waals surface area contributed by atoms with E-state index < -0.39 is 6.36 Å². The van der Waals surface area contributed by atoms with Crippen molar-refractivity contribution in [2.45, 2.75) is 19.3 Å². The van der Waals surface area contributed by atoms with Gasteiger partial charge in [0.2, 0.25) is 0 Å². The zero-order chi connectivity index (χ0) is 18.7. The van der Waals surface area contributed by atoms with Crippen LogP contribution in [0.2, 0.25) is 0 Å². The van der Waals surface area contributed by atoms with E-state index in [0.29, 0.717) is 5.56 Å². The van der Waals surface area contributed by atoms with Gasteiger partial charge in [-0.15, -0.1) is 38.0 Å². The zero-order valence-electron chi connectivity index (χ0n) is 15.1. The fraction of sp³-hybridized carbons (Fsp3) is 0.368. The number of halogens is 6. The van der Waals surface area contributed by atoms with Crippen molar-refractivity contribution in [3.8, 4) is 5.75 Å². The first kappa shape index (κ1) is 24.5. The van der Waals surface area contributed by atoms with Crippen molar-refractivity contribution in [2.24, 2.45) is 0 Å². The molecule has 9 heteroatoms. The van der Waals surface area contributed by atoms with Crippen LogP contribution in [0, 0.1) is 12.7 Å². The third kappa shape index (κ3) is 6.24. The lowest BCUT2D eigenvalue weighted by atomic mass is 9.94. The van der Waals surface area contributed by atoms with Crippen molar-refractivity contribution in [1.29, 1.82) is 0 Å². The Morgan fingerprint density at radius 3 is 2.18 bits per heavy atom. The van der Waals surface area contributed by atoms with E-state index in [4.69, 9.17) is 0 Å². The largest absolute Gasteiger partial charge is 0.573 e. The summed E-state index contributed by atoms with van der Waals surface area (Å²) in [6.45, 7) is 4.88. The smallest absolute Gasteiger partial charge is 0.406 e. The molecule has 3 rings (SSSR count). The van der Waals surface area contributed by atoms with Crippen LogP contribution >= 0.6 is 24.8 Å². The highest BCUT2D eigenvalue weighted by Gasteiger charge is 2.31. The monoisotopic (exact) mass is 440 g/mol. The Morgan fingerprint density at radius 2 is 1.61 bits per heavy atom. The molecule has 0 spiro atoms. The van der Waals surface area contributed by atoms with Gasteiger partial charge in [-0.25, -0.2) is 4.39 Å². The number of hydrogen-bond acceptors (Lipinski definition) is 3. The van der Waals surface area contributed by atoms with Crippen LogP contribution in [-0.4, -0.2) is 37.4 Å².